The number of rotatable bonds is 3. The maximum atomic E-state index is 10.1. The fourth-order valence-electron chi connectivity index (χ4n) is 1.08. The smallest absolute Gasteiger partial charge is 0.299 e. The van der Waals surface area contributed by atoms with Gasteiger partial charge in [-0.25, -0.2) is 0 Å². The van der Waals surface area contributed by atoms with Gasteiger partial charge in [-0.15, -0.1) is 0 Å². The Kier molecular flexibility index (Phi) is 2.55. The first kappa shape index (κ1) is 8.90. The highest BCUT2D eigenvalue weighted by atomic mass is 32.1. The lowest BCUT2D eigenvalue weighted by molar-refractivity contribution is -0.120. The van der Waals surface area contributed by atoms with Gasteiger partial charge in [0.2, 0.25) is 0 Å². The number of carbonyl (C=O) groups excluding carboxylic acids is 1. The number of pyridine rings is 1. The van der Waals surface area contributed by atoms with Gasteiger partial charge < -0.3 is 4.74 Å². The minimum absolute atomic E-state index is 0.425. The van der Waals surface area contributed by atoms with E-state index in [1.54, 1.807) is 12.3 Å². The number of nitrogens with zero attached hydrogens (tertiary/aromatic N) is 1. The number of ether oxygens (including phenoxy) is 1. The van der Waals surface area contributed by atoms with Crippen LogP contribution >= 0.6 is 11.3 Å². The molecule has 0 atom stereocenters. The molecule has 0 saturated carbocycles. The van der Waals surface area contributed by atoms with Gasteiger partial charge >= 0.3 is 0 Å². The number of aromatic nitrogens is 1. The average molecular weight is 205 g/mol. The van der Waals surface area contributed by atoms with Gasteiger partial charge in [-0.05, 0) is 24.3 Å². The zero-order valence-electron chi connectivity index (χ0n) is 7.21. The summed E-state index contributed by atoms with van der Waals surface area (Å²) in [6.07, 6.45) is 1.73. The van der Waals surface area contributed by atoms with Crippen LogP contribution in [0, 0.1) is 0 Å². The molecule has 0 radical (unpaired) electrons. The SMILES string of the molecule is O=COc1ccc(-c2ccccn2)s1. The standard InChI is InChI=1S/C10H7NO2S/c12-7-13-10-5-4-9(14-10)8-3-1-2-6-11-8/h1-7H. The first-order chi connectivity index (χ1) is 6.90. The summed E-state index contributed by atoms with van der Waals surface area (Å²) in [6.45, 7) is 0.425. The van der Waals surface area contributed by atoms with E-state index < -0.39 is 0 Å². The van der Waals surface area contributed by atoms with E-state index in [0.29, 0.717) is 11.5 Å². The van der Waals surface area contributed by atoms with Gasteiger partial charge in [0.25, 0.3) is 6.47 Å². The summed E-state index contributed by atoms with van der Waals surface area (Å²) in [6, 6.07) is 9.33. The fourth-order valence-corrected chi connectivity index (χ4v) is 1.88. The van der Waals surface area contributed by atoms with Crippen molar-refractivity contribution in [1.29, 1.82) is 0 Å². The highest BCUT2D eigenvalue weighted by molar-refractivity contribution is 7.17. The number of hydrogen-bond acceptors (Lipinski definition) is 4. The van der Waals surface area contributed by atoms with E-state index in [2.05, 4.69) is 4.98 Å². The van der Waals surface area contributed by atoms with E-state index in [-0.39, 0.29) is 0 Å². The molecule has 0 aliphatic rings. The second-order valence-corrected chi connectivity index (χ2v) is 3.59. The van der Waals surface area contributed by atoms with E-state index in [9.17, 15) is 4.79 Å². The molecule has 0 aromatic carbocycles. The second-order valence-electron chi connectivity index (χ2n) is 2.55. The van der Waals surface area contributed by atoms with Crippen LogP contribution in [-0.4, -0.2) is 11.5 Å². The molecule has 0 fully saturated rings. The van der Waals surface area contributed by atoms with E-state index in [1.807, 2.05) is 24.3 Å². The van der Waals surface area contributed by atoms with Crippen LogP contribution < -0.4 is 4.74 Å². The van der Waals surface area contributed by atoms with Crippen molar-refractivity contribution in [3.8, 4) is 15.6 Å². The molecule has 14 heavy (non-hydrogen) atoms. The molecule has 0 bridgehead atoms. The molecule has 0 spiro atoms. The van der Waals surface area contributed by atoms with Crippen LogP contribution in [0.3, 0.4) is 0 Å². The molecule has 0 N–H and O–H groups in total. The predicted molar refractivity (Wildman–Crippen MR) is 54.2 cm³/mol. The van der Waals surface area contributed by atoms with Crippen LogP contribution in [0.1, 0.15) is 0 Å². The van der Waals surface area contributed by atoms with Crippen LogP contribution in [0.15, 0.2) is 36.5 Å². The van der Waals surface area contributed by atoms with Crippen LogP contribution in [0.4, 0.5) is 0 Å². The Morgan fingerprint density at radius 3 is 2.93 bits per heavy atom. The maximum absolute atomic E-state index is 10.1. The molecular weight excluding hydrogens is 198 g/mol. The lowest BCUT2D eigenvalue weighted by atomic mass is 10.3. The predicted octanol–water partition coefficient (Wildman–Crippen LogP) is 2.35. The van der Waals surface area contributed by atoms with Crippen LogP contribution in [0.5, 0.6) is 5.06 Å². The summed E-state index contributed by atoms with van der Waals surface area (Å²) in [4.78, 5) is 15.3. The Hall–Kier alpha value is -1.68. The first-order valence-corrected chi connectivity index (χ1v) is 4.83. The molecular formula is C10H7NO2S. The Morgan fingerprint density at radius 2 is 2.21 bits per heavy atom. The number of hydrogen-bond donors (Lipinski definition) is 0. The molecule has 3 nitrogen and oxygen atoms in total. The van der Waals surface area contributed by atoms with Gasteiger partial charge in [0, 0.05) is 6.20 Å². The molecule has 0 aliphatic heterocycles. The summed E-state index contributed by atoms with van der Waals surface area (Å²) < 4.78 is 4.72. The third-order valence-electron chi connectivity index (χ3n) is 1.66. The third kappa shape index (κ3) is 1.80. The molecule has 0 saturated heterocycles. The van der Waals surface area contributed by atoms with Crippen molar-refractivity contribution in [2.45, 2.75) is 0 Å². The minimum atomic E-state index is 0.425. The van der Waals surface area contributed by atoms with Gasteiger partial charge in [0.1, 0.15) is 0 Å². The Bertz CT molecular complexity index is 425. The summed E-state index contributed by atoms with van der Waals surface area (Å²) >= 11 is 1.39. The van der Waals surface area contributed by atoms with E-state index in [4.69, 9.17) is 4.74 Å². The van der Waals surface area contributed by atoms with Crippen LogP contribution in [0.2, 0.25) is 0 Å². The molecule has 2 aromatic heterocycles. The highest BCUT2D eigenvalue weighted by Gasteiger charge is 2.03. The van der Waals surface area contributed by atoms with Gasteiger partial charge in [0.05, 0.1) is 10.6 Å². The number of thiophene rings is 1. The van der Waals surface area contributed by atoms with Gasteiger partial charge in [-0.2, -0.15) is 0 Å². The van der Waals surface area contributed by atoms with Crippen molar-refractivity contribution in [3.63, 3.8) is 0 Å². The third-order valence-corrected chi connectivity index (χ3v) is 2.66. The van der Waals surface area contributed by atoms with Crippen molar-refractivity contribution >= 4 is 17.8 Å². The van der Waals surface area contributed by atoms with Gasteiger partial charge in [-0.3, -0.25) is 9.78 Å². The lowest BCUT2D eigenvalue weighted by Gasteiger charge is -1.93. The lowest BCUT2D eigenvalue weighted by Crippen LogP contribution is -1.82. The molecule has 2 heterocycles. The molecule has 2 rings (SSSR count). The summed E-state index contributed by atoms with van der Waals surface area (Å²) in [5, 5.41) is 0.584. The van der Waals surface area contributed by atoms with Crippen molar-refractivity contribution in [2.24, 2.45) is 0 Å². The van der Waals surface area contributed by atoms with E-state index >= 15 is 0 Å². The topological polar surface area (TPSA) is 39.2 Å². The Labute approximate surface area is 85.0 Å². The van der Waals surface area contributed by atoms with Crippen molar-refractivity contribution in [2.75, 3.05) is 0 Å². The molecule has 0 unspecified atom stereocenters. The normalized spacial score (nSPS) is 9.71. The largest absolute Gasteiger partial charge is 0.418 e. The summed E-state index contributed by atoms with van der Waals surface area (Å²) in [5.41, 5.74) is 0.887. The second kappa shape index (κ2) is 4.02. The molecule has 70 valence electrons. The first-order valence-electron chi connectivity index (χ1n) is 4.01. The monoisotopic (exact) mass is 205 g/mol. The molecule has 4 heteroatoms. The van der Waals surface area contributed by atoms with Crippen LogP contribution in [-0.2, 0) is 4.79 Å². The van der Waals surface area contributed by atoms with Gasteiger partial charge in [-0.1, -0.05) is 17.4 Å². The van der Waals surface area contributed by atoms with Crippen molar-refractivity contribution < 1.29 is 9.53 Å². The Balaban J connectivity index is 2.29. The number of carbonyl (C=O) groups is 1. The zero-order chi connectivity index (χ0) is 9.80. The fraction of sp³-hybridized carbons (Fsp3) is 0. The van der Waals surface area contributed by atoms with Crippen molar-refractivity contribution in [3.05, 3.63) is 36.5 Å². The minimum Gasteiger partial charge on any atom is -0.418 e. The zero-order valence-corrected chi connectivity index (χ0v) is 8.03. The molecule has 2 aromatic rings. The summed E-state index contributed by atoms with van der Waals surface area (Å²) in [7, 11) is 0. The van der Waals surface area contributed by atoms with Gasteiger partial charge in [0.15, 0.2) is 5.06 Å². The van der Waals surface area contributed by atoms with E-state index in [1.165, 1.54) is 11.3 Å². The highest BCUT2D eigenvalue weighted by Crippen LogP contribution is 2.31. The Morgan fingerprint density at radius 1 is 1.29 bits per heavy atom. The molecule has 0 aliphatic carbocycles. The molecule has 0 amide bonds. The maximum Gasteiger partial charge on any atom is 0.299 e. The van der Waals surface area contributed by atoms with Crippen molar-refractivity contribution in [1.82, 2.24) is 4.98 Å². The quantitative estimate of drug-likeness (QED) is 0.722. The van der Waals surface area contributed by atoms with E-state index in [0.717, 1.165) is 10.6 Å². The summed E-state index contributed by atoms with van der Waals surface area (Å²) in [5.74, 6) is 0. The average Bonchev–Trinajstić information content (AvgIpc) is 2.68. The van der Waals surface area contributed by atoms with Crippen LogP contribution in [0.25, 0.3) is 10.6 Å².